The van der Waals surface area contributed by atoms with E-state index in [4.69, 9.17) is 0 Å². The number of hydrogen-bond donors (Lipinski definition) is 2. The summed E-state index contributed by atoms with van der Waals surface area (Å²) in [5, 5.41) is 10.4. The molecule has 0 radical (unpaired) electrons. The predicted molar refractivity (Wildman–Crippen MR) is 62.0 cm³/mol. The van der Waals surface area contributed by atoms with Crippen molar-refractivity contribution in [1.82, 2.24) is 10.6 Å². The minimum atomic E-state index is 0.187. The first kappa shape index (κ1) is 10.6. The molecular formula is C11H16N2OS. The highest BCUT2D eigenvalue weighted by molar-refractivity contribution is 7.07. The highest BCUT2D eigenvalue weighted by Crippen LogP contribution is 2.08. The number of rotatable bonds is 4. The van der Waals surface area contributed by atoms with Gasteiger partial charge >= 0.3 is 0 Å². The van der Waals surface area contributed by atoms with E-state index >= 15 is 0 Å². The molecule has 0 spiro atoms. The SMILES string of the molecule is O=C(NCCc1ccsc1)[C@H]1CCNC1. The molecule has 1 aliphatic rings. The Kier molecular flexibility index (Phi) is 3.75. The largest absolute Gasteiger partial charge is 0.355 e. The van der Waals surface area contributed by atoms with Gasteiger partial charge in [-0.05, 0) is 41.8 Å². The molecule has 1 aromatic heterocycles. The molecule has 4 heteroatoms. The van der Waals surface area contributed by atoms with Crippen LogP contribution in [-0.2, 0) is 11.2 Å². The lowest BCUT2D eigenvalue weighted by Crippen LogP contribution is -2.33. The van der Waals surface area contributed by atoms with Crippen LogP contribution in [0.4, 0.5) is 0 Å². The molecule has 2 N–H and O–H groups in total. The molecule has 15 heavy (non-hydrogen) atoms. The Morgan fingerprint density at radius 2 is 2.60 bits per heavy atom. The topological polar surface area (TPSA) is 41.1 Å². The Bertz CT molecular complexity index is 304. The second-order valence-corrected chi connectivity index (χ2v) is 4.64. The third-order valence-corrected chi connectivity index (χ3v) is 3.46. The number of carbonyl (C=O) groups is 1. The third kappa shape index (κ3) is 3.04. The Balaban J connectivity index is 1.67. The summed E-state index contributed by atoms with van der Waals surface area (Å²) in [6.07, 6.45) is 1.92. The van der Waals surface area contributed by atoms with Gasteiger partial charge in [0.2, 0.25) is 5.91 Å². The predicted octanol–water partition coefficient (Wildman–Crippen LogP) is 1.02. The Hall–Kier alpha value is -0.870. The number of amides is 1. The van der Waals surface area contributed by atoms with Crippen molar-refractivity contribution in [3.63, 3.8) is 0 Å². The number of thiophene rings is 1. The minimum absolute atomic E-state index is 0.187. The van der Waals surface area contributed by atoms with E-state index in [0.717, 1.165) is 32.5 Å². The van der Waals surface area contributed by atoms with Crippen molar-refractivity contribution in [2.45, 2.75) is 12.8 Å². The molecule has 2 heterocycles. The summed E-state index contributed by atoms with van der Waals surface area (Å²) >= 11 is 1.70. The normalized spacial score (nSPS) is 20.4. The summed E-state index contributed by atoms with van der Waals surface area (Å²) in [7, 11) is 0. The van der Waals surface area contributed by atoms with Gasteiger partial charge in [-0.3, -0.25) is 4.79 Å². The lowest BCUT2D eigenvalue weighted by molar-refractivity contribution is -0.124. The van der Waals surface area contributed by atoms with Gasteiger partial charge in [-0.2, -0.15) is 11.3 Å². The first-order valence-corrected chi connectivity index (χ1v) is 6.30. The fourth-order valence-corrected chi connectivity index (χ4v) is 2.49. The molecule has 82 valence electrons. The van der Waals surface area contributed by atoms with Crippen LogP contribution >= 0.6 is 11.3 Å². The fourth-order valence-electron chi connectivity index (χ4n) is 1.79. The molecule has 1 amide bonds. The van der Waals surface area contributed by atoms with Crippen LogP contribution in [0.25, 0.3) is 0 Å². The maximum Gasteiger partial charge on any atom is 0.224 e. The third-order valence-electron chi connectivity index (χ3n) is 2.72. The van der Waals surface area contributed by atoms with Crippen LogP contribution in [0.2, 0.25) is 0 Å². The second kappa shape index (κ2) is 5.28. The molecule has 1 saturated heterocycles. The quantitative estimate of drug-likeness (QED) is 0.801. The van der Waals surface area contributed by atoms with Gasteiger partial charge in [0, 0.05) is 13.1 Å². The van der Waals surface area contributed by atoms with Crippen LogP contribution in [0.1, 0.15) is 12.0 Å². The van der Waals surface area contributed by atoms with Crippen molar-refractivity contribution < 1.29 is 4.79 Å². The summed E-state index contributed by atoms with van der Waals surface area (Å²) in [6, 6.07) is 2.11. The van der Waals surface area contributed by atoms with Gasteiger partial charge in [0.25, 0.3) is 0 Å². The number of nitrogens with one attached hydrogen (secondary N) is 2. The van der Waals surface area contributed by atoms with Gasteiger partial charge in [0.1, 0.15) is 0 Å². The van der Waals surface area contributed by atoms with Gasteiger partial charge in [0.15, 0.2) is 0 Å². The molecule has 0 aliphatic carbocycles. The Morgan fingerprint density at radius 1 is 1.67 bits per heavy atom. The summed E-state index contributed by atoms with van der Waals surface area (Å²) in [4.78, 5) is 11.6. The number of carbonyl (C=O) groups excluding carboxylic acids is 1. The smallest absolute Gasteiger partial charge is 0.224 e. The Morgan fingerprint density at radius 3 is 3.27 bits per heavy atom. The molecule has 2 rings (SSSR count). The van der Waals surface area contributed by atoms with Crippen LogP contribution in [0.5, 0.6) is 0 Å². The van der Waals surface area contributed by atoms with Crippen LogP contribution in [0.3, 0.4) is 0 Å². The maximum atomic E-state index is 11.6. The molecule has 3 nitrogen and oxygen atoms in total. The standard InChI is InChI=1S/C11H16N2OS/c14-11(10-2-4-12-7-10)13-5-1-9-3-6-15-8-9/h3,6,8,10,12H,1-2,4-5,7H2,(H,13,14)/t10-/m0/s1. The molecule has 1 fully saturated rings. The summed E-state index contributed by atoms with van der Waals surface area (Å²) < 4.78 is 0. The highest BCUT2D eigenvalue weighted by Gasteiger charge is 2.21. The zero-order valence-corrected chi connectivity index (χ0v) is 9.48. The van der Waals surface area contributed by atoms with E-state index in [1.54, 1.807) is 11.3 Å². The van der Waals surface area contributed by atoms with Crippen molar-refractivity contribution in [1.29, 1.82) is 0 Å². The molecule has 0 unspecified atom stereocenters. The second-order valence-electron chi connectivity index (χ2n) is 3.86. The molecule has 1 aromatic rings. The van der Waals surface area contributed by atoms with E-state index in [9.17, 15) is 4.79 Å². The van der Waals surface area contributed by atoms with Crippen LogP contribution < -0.4 is 10.6 Å². The maximum absolute atomic E-state index is 11.6. The van der Waals surface area contributed by atoms with Gasteiger partial charge < -0.3 is 10.6 Å². The van der Waals surface area contributed by atoms with Crippen LogP contribution in [-0.4, -0.2) is 25.5 Å². The molecule has 0 bridgehead atoms. The Labute approximate surface area is 93.9 Å². The summed E-state index contributed by atoms with van der Waals surface area (Å²) in [5.74, 6) is 0.391. The van der Waals surface area contributed by atoms with Gasteiger partial charge in [-0.25, -0.2) is 0 Å². The van der Waals surface area contributed by atoms with Gasteiger partial charge in [0.05, 0.1) is 5.92 Å². The van der Waals surface area contributed by atoms with Gasteiger partial charge in [-0.1, -0.05) is 0 Å². The molecule has 0 saturated carbocycles. The van der Waals surface area contributed by atoms with Crippen molar-refractivity contribution >= 4 is 17.2 Å². The minimum Gasteiger partial charge on any atom is -0.355 e. The summed E-state index contributed by atoms with van der Waals surface area (Å²) in [6.45, 7) is 2.57. The average Bonchev–Trinajstić information content (AvgIpc) is 2.90. The molecule has 0 aromatic carbocycles. The van der Waals surface area contributed by atoms with Gasteiger partial charge in [-0.15, -0.1) is 0 Å². The highest BCUT2D eigenvalue weighted by atomic mass is 32.1. The van der Waals surface area contributed by atoms with E-state index in [-0.39, 0.29) is 11.8 Å². The first-order valence-electron chi connectivity index (χ1n) is 5.36. The average molecular weight is 224 g/mol. The van der Waals surface area contributed by atoms with E-state index in [2.05, 4.69) is 27.5 Å². The lowest BCUT2D eigenvalue weighted by Gasteiger charge is -2.08. The van der Waals surface area contributed by atoms with Crippen molar-refractivity contribution in [3.8, 4) is 0 Å². The number of hydrogen-bond acceptors (Lipinski definition) is 3. The van der Waals surface area contributed by atoms with Crippen LogP contribution in [0, 0.1) is 5.92 Å². The van der Waals surface area contributed by atoms with Crippen molar-refractivity contribution in [3.05, 3.63) is 22.4 Å². The van der Waals surface area contributed by atoms with Crippen molar-refractivity contribution in [2.75, 3.05) is 19.6 Å². The van der Waals surface area contributed by atoms with E-state index in [1.165, 1.54) is 5.56 Å². The molecule has 1 aliphatic heterocycles. The lowest BCUT2D eigenvalue weighted by atomic mass is 10.1. The van der Waals surface area contributed by atoms with E-state index in [1.807, 2.05) is 0 Å². The molecule has 1 atom stereocenters. The zero-order valence-electron chi connectivity index (χ0n) is 8.66. The first-order chi connectivity index (χ1) is 7.36. The van der Waals surface area contributed by atoms with Crippen LogP contribution in [0.15, 0.2) is 16.8 Å². The zero-order chi connectivity index (χ0) is 10.5. The van der Waals surface area contributed by atoms with E-state index < -0.39 is 0 Å². The molecular weight excluding hydrogens is 208 g/mol. The van der Waals surface area contributed by atoms with Crippen molar-refractivity contribution in [2.24, 2.45) is 5.92 Å². The summed E-state index contributed by atoms with van der Waals surface area (Å²) in [5.41, 5.74) is 1.31. The monoisotopic (exact) mass is 224 g/mol. The fraction of sp³-hybridized carbons (Fsp3) is 0.545. The van der Waals surface area contributed by atoms with E-state index in [0.29, 0.717) is 0 Å².